The summed E-state index contributed by atoms with van der Waals surface area (Å²) >= 11 is 1.45. The van der Waals surface area contributed by atoms with Crippen LogP contribution in [0, 0.1) is 6.92 Å². The fourth-order valence-electron chi connectivity index (χ4n) is 3.25. The van der Waals surface area contributed by atoms with Crippen molar-refractivity contribution in [3.63, 3.8) is 0 Å². The Labute approximate surface area is 161 Å². The van der Waals surface area contributed by atoms with E-state index in [0.29, 0.717) is 6.54 Å². The van der Waals surface area contributed by atoms with Crippen LogP contribution in [0.1, 0.15) is 22.8 Å². The highest BCUT2D eigenvalue weighted by Crippen LogP contribution is 2.27. The van der Waals surface area contributed by atoms with Crippen molar-refractivity contribution in [3.05, 3.63) is 51.7 Å². The Hall–Kier alpha value is -2.39. The second-order valence-electron chi connectivity index (χ2n) is 6.77. The normalized spacial score (nSPS) is 14.9. The molecule has 0 N–H and O–H groups in total. The largest absolute Gasteiger partial charge is 0.453 e. The molecule has 4 heterocycles. The van der Waals surface area contributed by atoms with Crippen LogP contribution >= 0.6 is 11.8 Å². The SMILES string of the molecule is Cc1nc2c(c(=O)n1C)CCN(Cc1ccc(Sc3nncn3C)o1)CC2. The average Bonchev–Trinajstić information content (AvgIpc) is 3.20. The van der Waals surface area contributed by atoms with Crippen molar-refractivity contribution >= 4 is 11.8 Å². The third-order valence-electron chi connectivity index (χ3n) is 4.91. The molecule has 142 valence electrons. The minimum Gasteiger partial charge on any atom is -0.453 e. The molecule has 0 radical (unpaired) electrons. The van der Waals surface area contributed by atoms with E-state index in [0.717, 1.165) is 59.0 Å². The molecule has 1 aliphatic rings. The van der Waals surface area contributed by atoms with Crippen LogP contribution in [0.5, 0.6) is 0 Å². The molecule has 4 rings (SSSR count). The molecule has 9 heteroatoms. The zero-order valence-corrected chi connectivity index (χ0v) is 16.5. The molecular weight excluding hydrogens is 364 g/mol. The predicted octanol–water partition coefficient (Wildman–Crippen LogP) is 1.56. The summed E-state index contributed by atoms with van der Waals surface area (Å²) in [5.74, 6) is 1.67. The maximum Gasteiger partial charge on any atom is 0.256 e. The van der Waals surface area contributed by atoms with Crippen LogP contribution in [0.3, 0.4) is 0 Å². The van der Waals surface area contributed by atoms with E-state index >= 15 is 0 Å². The number of aromatic nitrogens is 5. The van der Waals surface area contributed by atoms with E-state index in [1.54, 1.807) is 17.9 Å². The van der Waals surface area contributed by atoms with Gasteiger partial charge in [-0.25, -0.2) is 4.98 Å². The van der Waals surface area contributed by atoms with Gasteiger partial charge in [0.05, 0.1) is 12.2 Å². The molecule has 0 aromatic carbocycles. The molecule has 1 aliphatic heterocycles. The summed E-state index contributed by atoms with van der Waals surface area (Å²) in [5.41, 5.74) is 1.87. The van der Waals surface area contributed by atoms with Gasteiger partial charge in [0.1, 0.15) is 17.9 Å². The summed E-state index contributed by atoms with van der Waals surface area (Å²) in [7, 11) is 3.69. The van der Waals surface area contributed by atoms with Crippen LogP contribution in [0.25, 0.3) is 0 Å². The Morgan fingerprint density at radius 1 is 1.22 bits per heavy atom. The van der Waals surface area contributed by atoms with E-state index in [2.05, 4.69) is 20.1 Å². The maximum absolute atomic E-state index is 12.5. The lowest BCUT2D eigenvalue weighted by Gasteiger charge is -2.17. The van der Waals surface area contributed by atoms with E-state index < -0.39 is 0 Å². The van der Waals surface area contributed by atoms with Gasteiger partial charge >= 0.3 is 0 Å². The van der Waals surface area contributed by atoms with Gasteiger partial charge in [0.2, 0.25) is 0 Å². The van der Waals surface area contributed by atoms with Gasteiger partial charge in [-0.3, -0.25) is 14.3 Å². The maximum atomic E-state index is 12.5. The first-order chi connectivity index (χ1) is 13.0. The number of hydrogen-bond acceptors (Lipinski definition) is 7. The van der Waals surface area contributed by atoms with Crippen molar-refractivity contribution in [3.8, 4) is 0 Å². The fourth-order valence-corrected chi connectivity index (χ4v) is 3.99. The van der Waals surface area contributed by atoms with Gasteiger partial charge in [-0.05, 0) is 37.2 Å². The second kappa shape index (κ2) is 7.32. The Balaban J connectivity index is 1.43. The van der Waals surface area contributed by atoms with Gasteiger partial charge in [-0.15, -0.1) is 10.2 Å². The summed E-state index contributed by atoms with van der Waals surface area (Å²) in [6.45, 7) is 4.27. The van der Waals surface area contributed by atoms with Crippen LogP contribution in [0.4, 0.5) is 0 Å². The number of fused-ring (bicyclic) bond motifs is 1. The molecule has 3 aromatic heterocycles. The Morgan fingerprint density at radius 3 is 2.81 bits per heavy atom. The van der Waals surface area contributed by atoms with Crippen molar-refractivity contribution in [2.45, 2.75) is 36.6 Å². The molecular formula is C18H22N6O2S. The molecule has 0 atom stereocenters. The van der Waals surface area contributed by atoms with E-state index in [1.807, 2.05) is 30.7 Å². The number of nitrogens with zero attached hydrogens (tertiary/aromatic N) is 6. The molecule has 0 spiro atoms. The van der Waals surface area contributed by atoms with Crippen molar-refractivity contribution in [2.75, 3.05) is 13.1 Å². The molecule has 0 fully saturated rings. The van der Waals surface area contributed by atoms with Gasteiger partial charge in [-0.1, -0.05) is 0 Å². The van der Waals surface area contributed by atoms with Gasteiger partial charge in [0.15, 0.2) is 10.2 Å². The van der Waals surface area contributed by atoms with E-state index in [-0.39, 0.29) is 5.56 Å². The lowest BCUT2D eigenvalue weighted by Crippen LogP contribution is -2.27. The van der Waals surface area contributed by atoms with Crippen LogP contribution in [0.2, 0.25) is 0 Å². The smallest absolute Gasteiger partial charge is 0.256 e. The van der Waals surface area contributed by atoms with Gasteiger partial charge < -0.3 is 8.98 Å². The number of hydrogen-bond donors (Lipinski definition) is 0. The van der Waals surface area contributed by atoms with E-state index in [1.165, 1.54) is 11.8 Å². The zero-order chi connectivity index (χ0) is 19.0. The quantitative estimate of drug-likeness (QED) is 0.673. The third kappa shape index (κ3) is 3.70. The standard InChI is InChI=1S/C18H22N6O2S/c1-12-20-15-7-9-24(8-6-14(15)17(25)23(12)3)10-13-4-5-16(26-13)27-18-21-19-11-22(18)2/h4-5,11H,6-10H2,1-3H3. The van der Waals surface area contributed by atoms with Crippen LogP contribution in [-0.2, 0) is 33.5 Å². The summed E-state index contributed by atoms with van der Waals surface area (Å²) in [4.78, 5) is 19.4. The summed E-state index contributed by atoms with van der Waals surface area (Å²) in [6, 6.07) is 3.96. The Kier molecular flexibility index (Phi) is 4.88. The van der Waals surface area contributed by atoms with Crippen molar-refractivity contribution < 1.29 is 4.42 Å². The molecule has 0 bridgehead atoms. The average molecular weight is 386 g/mol. The first kappa shape index (κ1) is 18.0. The van der Waals surface area contributed by atoms with Gasteiger partial charge in [0.25, 0.3) is 5.56 Å². The van der Waals surface area contributed by atoms with Gasteiger partial charge in [0, 0.05) is 39.2 Å². The fraction of sp³-hybridized carbons (Fsp3) is 0.444. The highest BCUT2D eigenvalue weighted by Gasteiger charge is 2.20. The minimum atomic E-state index is 0.0831. The molecule has 0 aliphatic carbocycles. The summed E-state index contributed by atoms with van der Waals surface area (Å²) in [5, 5.41) is 9.52. The molecule has 8 nitrogen and oxygen atoms in total. The van der Waals surface area contributed by atoms with E-state index in [9.17, 15) is 4.79 Å². The Morgan fingerprint density at radius 2 is 2.04 bits per heavy atom. The monoisotopic (exact) mass is 386 g/mol. The van der Waals surface area contributed by atoms with Crippen LogP contribution in [0.15, 0.2) is 37.9 Å². The molecule has 0 saturated carbocycles. The second-order valence-corrected chi connectivity index (χ2v) is 7.74. The lowest BCUT2D eigenvalue weighted by atomic mass is 10.1. The number of aryl methyl sites for hydroxylation is 2. The third-order valence-corrected chi connectivity index (χ3v) is 5.89. The van der Waals surface area contributed by atoms with Crippen molar-refractivity contribution in [2.24, 2.45) is 14.1 Å². The first-order valence-electron chi connectivity index (χ1n) is 8.89. The van der Waals surface area contributed by atoms with Crippen LogP contribution < -0.4 is 5.56 Å². The molecule has 27 heavy (non-hydrogen) atoms. The highest BCUT2D eigenvalue weighted by atomic mass is 32.2. The highest BCUT2D eigenvalue weighted by molar-refractivity contribution is 7.99. The minimum absolute atomic E-state index is 0.0831. The van der Waals surface area contributed by atoms with Crippen molar-refractivity contribution in [1.82, 2.24) is 29.2 Å². The zero-order valence-electron chi connectivity index (χ0n) is 15.7. The van der Waals surface area contributed by atoms with E-state index in [4.69, 9.17) is 4.42 Å². The molecule has 0 saturated heterocycles. The first-order valence-corrected chi connectivity index (χ1v) is 9.71. The lowest BCUT2D eigenvalue weighted by molar-refractivity contribution is 0.247. The van der Waals surface area contributed by atoms with Crippen LogP contribution in [-0.4, -0.2) is 42.3 Å². The summed E-state index contributed by atoms with van der Waals surface area (Å²) < 4.78 is 9.44. The molecule has 3 aromatic rings. The number of furan rings is 1. The Bertz CT molecular complexity index is 1020. The number of rotatable bonds is 4. The van der Waals surface area contributed by atoms with Gasteiger partial charge in [-0.2, -0.15) is 0 Å². The van der Waals surface area contributed by atoms with Crippen molar-refractivity contribution in [1.29, 1.82) is 0 Å². The molecule has 0 unspecified atom stereocenters. The topological polar surface area (TPSA) is 82.0 Å². The molecule has 0 amide bonds. The predicted molar refractivity (Wildman–Crippen MR) is 101 cm³/mol. The summed E-state index contributed by atoms with van der Waals surface area (Å²) in [6.07, 6.45) is 3.17.